The lowest BCUT2D eigenvalue weighted by molar-refractivity contribution is 0.747. The van der Waals surface area contributed by atoms with Crippen LogP contribution < -0.4 is 11.1 Å². The van der Waals surface area contributed by atoms with Gasteiger partial charge in [-0.15, -0.1) is 0 Å². The molecule has 1 atom stereocenters. The third-order valence-corrected chi connectivity index (χ3v) is 4.19. The molecule has 0 aliphatic carbocycles. The Bertz CT molecular complexity index is 341. The third-order valence-electron chi connectivity index (χ3n) is 2.79. The predicted octanol–water partition coefficient (Wildman–Crippen LogP) is 1.62. The van der Waals surface area contributed by atoms with Gasteiger partial charge in [-0.25, -0.2) is 0 Å². The van der Waals surface area contributed by atoms with E-state index in [-0.39, 0.29) is 0 Å². The van der Waals surface area contributed by atoms with Crippen LogP contribution in [0.15, 0.2) is 0 Å². The van der Waals surface area contributed by atoms with Crippen molar-refractivity contribution in [2.24, 2.45) is 7.05 Å². The maximum absolute atomic E-state index is 5.94. The topological polar surface area (TPSA) is 55.9 Å². The maximum Gasteiger partial charge on any atom is 0.147 e. The summed E-state index contributed by atoms with van der Waals surface area (Å²) in [6.07, 6.45) is 2.66. The Balaban J connectivity index is 1.97. The van der Waals surface area contributed by atoms with Crippen LogP contribution in [-0.4, -0.2) is 27.3 Å². The Hall–Kier alpha value is -0.840. The van der Waals surface area contributed by atoms with E-state index in [0.717, 1.165) is 29.0 Å². The van der Waals surface area contributed by atoms with Crippen molar-refractivity contribution in [3.05, 3.63) is 5.69 Å². The van der Waals surface area contributed by atoms with E-state index in [1.807, 2.05) is 30.4 Å². The minimum absolute atomic E-state index is 0.736. The van der Waals surface area contributed by atoms with Crippen LogP contribution in [-0.2, 0) is 7.05 Å². The van der Waals surface area contributed by atoms with E-state index < -0.39 is 0 Å². The molecule has 0 aromatic carbocycles. The van der Waals surface area contributed by atoms with Crippen molar-refractivity contribution < 1.29 is 0 Å². The van der Waals surface area contributed by atoms with Crippen molar-refractivity contribution in [2.45, 2.75) is 25.0 Å². The molecule has 15 heavy (non-hydrogen) atoms. The molecule has 3 N–H and O–H groups in total. The molecule has 1 fully saturated rings. The van der Waals surface area contributed by atoms with Gasteiger partial charge in [0.05, 0.1) is 11.4 Å². The molecule has 2 heterocycles. The molecule has 0 saturated carbocycles. The van der Waals surface area contributed by atoms with E-state index in [0.29, 0.717) is 0 Å². The van der Waals surface area contributed by atoms with E-state index in [2.05, 4.69) is 10.4 Å². The highest BCUT2D eigenvalue weighted by Gasteiger charge is 2.17. The number of anilines is 2. The molecule has 84 valence electrons. The zero-order valence-electron chi connectivity index (χ0n) is 9.29. The minimum atomic E-state index is 0.736. The molecule has 4 nitrogen and oxygen atoms in total. The largest absolute Gasteiger partial charge is 0.394 e. The summed E-state index contributed by atoms with van der Waals surface area (Å²) in [7, 11) is 1.92. The first-order chi connectivity index (χ1) is 7.18. The number of thioether (sulfide) groups is 1. The Morgan fingerprint density at radius 3 is 3.00 bits per heavy atom. The summed E-state index contributed by atoms with van der Waals surface area (Å²) >= 11 is 2.05. The molecule has 1 aliphatic rings. The molecule has 0 radical (unpaired) electrons. The summed E-state index contributed by atoms with van der Waals surface area (Å²) in [4.78, 5) is 0. The number of nitrogens with one attached hydrogen (secondary N) is 1. The molecule has 0 spiro atoms. The Morgan fingerprint density at radius 2 is 2.47 bits per heavy atom. The van der Waals surface area contributed by atoms with Crippen molar-refractivity contribution >= 4 is 23.3 Å². The lowest BCUT2D eigenvalue weighted by Crippen LogP contribution is -2.16. The molecular formula is C10H18N4S. The summed E-state index contributed by atoms with van der Waals surface area (Å²) in [5.74, 6) is 2.26. The average molecular weight is 226 g/mol. The van der Waals surface area contributed by atoms with Gasteiger partial charge in [-0.3, -0.25) is 4.68 Å². The number of rotatable bonds is 3. The van der Waals surface area contributed by atoms with E-state index in [9.17, 15) is 0 Å². The summed E-state index contributed by atoms with van der Waals surface area (Å²) in [6, 6.07) is 0. The van der Waals surface area contributed by atoms with Gasteiger partial charge in [0.25, 0.3) is 0 Å². The van der Waals surface area contributed by atoms with Crippen LogP contribution in [0.25, 0.3) is 0 Å². The van der Waals surface area contributed by atoms with Crippen molar-refractivity contribution in [1.82, 2.24) is 9.78 Å². The first-order valence-electron chi connectivity index (χ1n) is 5.33. The van der Waals surface area contributed by atoms with Crippen molar-refractivity contribution in [3.8, 4) is 0 Å². The number of aromatic nitrogens is 2. The molecular weight excluding hydrogens is 208 g/mol. The number of nitrogens with zero attached hydrogens (tertiary/aromatic N) is 2. The molecule has 1 unspecified atom stereocenters. The Kier molecular flexibility index (Phi) is 3.09. The Labute approximate surface area is 94.6 Å². The van der Waals surface area contributed by atoms with Crippen molar-refractivity contribution in [1.29, 1.82) is 0 Å². The van der Waals surface area contributed by atoms with E-state index >= 15 is 0 Å². The number of hydrogen-bond donors (Lipinski definition) is 2. The zero-order valence-corrected chi connectivity index (χ0v) is 10.1. The average Bonchev–Trinajstić information content (AvgIpc) is 2.76. The molecule has 1 aromatic heterocycles. The van der Waals surface area contributed by atoms with E-state index in [1.54, 1.807) is 0 Å². The lowest BCUT2D eigenvalue weighted by atomic mass is 10.2. The molecule has 1 saturated heterocycles. The molecule has 0 bridgehead atoms. The van der Waals surface area contributed by atoms with Crippen LogP contribution in [0.4, 0.5) is 11.5 Å². The second kappa shape index (κ2) is 4.35. The van der Waals surface area contributed by atoms with Gasteiger partial charge < -0.3 is 11.1 Å². The fourth-order valence-corrected chi connectivity index (χ4v) is 3.10. The predicted molar refractivity (Wildman–Crippen MR) is 66.3 cm³/mol. The van der Waals surface area contributed by atoms with Gasteiger partial charge in [-0.1, -0.05) is 0 Å². The number of nitrogens with two attached hydrogens (primary N) is 1. The monoisotopic (exact) mass is 226 g/mol. The second-order valence-electron chi connectivity index (χ2n) is 3.99. The first kappa shape index (κ1) is 10.7. The van der Waals surface area contributed by atoms with Crippen LogP contribution >= 0.6 is 11.8 Å². The van der Waals surface area contributed by atoms with Crippen LogP contribution in [0, 0.1) is 6.92 Å². The zero-order chi connectivity index (χ0) is 10.8. The molecule has 1 aliphatic heterocycles. The summed E-state index contributed by atoms with van der Waals surface area (Å²) in [6.45, 7) is 2.93. The number of aryl methyl sites for hydroxylation is 2. The molecule has 2 rings (SSSR count). The smallest absolute Gasteiger partial charge is 0.147 e. The fraction of sp³-hybridized carbons (Fsp3) is 0.700. The standard InChI is InChI=1S/C10H18N4S/c1-7-9(11)10(14(2)13-7)12-6-8-4-3-5-15-8/h8,12H,3-6,11H2,1-2H3. The van der Waals surface area contributed by atoms with Crippen LogP contribution in [0.3, 0.4) is 0 Å². The van der Waals surface area contributed by atoms with Gasteiger partial charge in [0.15, 0.2) is 0 Å². The Morgan fingerprint density at radius 1 is 1.67 bits per heavy atom. The quantitative estimate of drug-likeness (QED) is 0.822. The van der Waals surface area contributed by atoms with Gasteiger partial charge >= 0.3 is 0 Å². The second-order valence-corrected chi connectivity index (χ2v) is 5.40. The molecule has 5 heteroatoms. The van der Waals surface area contributed by atoms with Gasteiger partial charge in [0.2, 0.25) is 0 Å². The van der Waals surface area contributed by atoms with Crippen molar-refractivity contribution in [2.75, 3.05) is 23.3 Å². The minimum Gasteiger partial charge on any atom is -0.394 e. The number of hydrogen-bond acceptors (Lipinski definition) is 4. The summed E-state index contributed by atoms with van der Waals surface area (Å²) in [5, 5.41) is 8.41. The SMILES string of the molecule is Cc1nn(C)c(NCC2CCCS2)c1N. The highest BCUT2D eigenvalue weighted by Crippen LogP contribution is 2.27. The van der Waals surface area contributed by atoms with Gasteiger partial charge in [-0.05, 0) is 25.5 Å². The highest BCUT2D eigenvalue weighted by atomic mass is 32.2. The van der Waals surface area contributed by atoms with E-state index in [4.69, 9.17) is 5.73 Å². The van der Waals surface area contributed by atoms with Crippen LogP contribution in [0.2, 0.25) is 0 Å². The van der Waals surface area contributed by atoms with Crippen molar-refractivity contribution in [3.63, 3.8) is 0 Å². The van der Waals surface area contributed by atoms with Crippen LogP contribution in [0.5, 0.6) is 0 Å². The first-order valence-corrected chi connectivity index (χ1v) is 6.38. The van der Waals surface area contributed by atoms with Gasteiger partial charge in [0, 0.05) is 18.8 Å². The van der Waals surface area contributed by atoms with Gasteiger partial charge in [-0.2, -0.15) is 16.9 Å². The van der Waals surface area contributed by atoms with Crippen LogP contribution in [0.1, 0.15) is 18.5 Å². The highest BCUT2D eigenvalue weighted by molar-refractivity contribution is 8.00. The maximum atomic E-state index is 5.94. The lowest BCUT2D eigenvalue weighted by Gasteiger charge is -2.11. The summed E-state index contributed by atoms with van der Waals surface area (Å²) in [5.41, 5.74) is 7.62. The normalized spacial score (nSPS) is 20.8. The fourth-order valence-electron chi connectivity index (χ4n) is 1.90. The molecule has 0 amide bonds. The van der Waals surface area contributed by atoms with E-state index in [1.165, 1.54) is 18.6 Å². The number of nitrogen functional groups attached to an aromatic ring is 1. The van der Waals surface area contributed by atoms with Gasteiger partial charge in [0.1, 0.15) is 5.82 Å². The third kappa shape index (κ3) is 2.22. The molecule has 1 aromatic rings. The summed E-state index contributed by atoms with van der Waals surface area (Å²) < 4.78 is 1.82.